The highest BCUT2D eigenvalue weighted by Crippen LogP contribution is 2.53. The van der Waals surface area contributed by atoms with Crippen molar-refractivity contribution in [3.63, 3.8) is 0 Å². The molecule has 3 heterocycles. The molecule has 3 fully saturated rings. The standard InChI is InChI=1S/C29H32F2N6O2S/c30-23-8-7-22(15-24(23)31)33-28-35-34-26(40-28)25(38)32-21-5-3-19(4-6-21)18-36-13-9-29(10-14-36)16-20(17-29)27(39)37-11-1-2-12-37/h3-8,15,20H,1-2,9-14,16-18H2,(H,32,38)(H,33,35). The number of carbonyl (C=O) groups is 2. The molecular formula is C29H32F2N6O2S. The van der Waals surface area contributed by atoms with E-state index in [0.29, 0.717) is 27.8 Å². The number of piperidine rings is 1. The van der Waals surface area contributed by atoms with E-state index in [1.807, 2.05) is 24.3 Å². The van der Waals surface area contributed by atoms with Crippen LogP contribution in [0.1, 0.15) is 53.9 Å². The number of amides is 2. The number of nitrogens with one attached hydrogen (secondary N) is 2. The first-order valence-corrected chi connectivity index (χ1v) is 14.6. The van der Waals surface area contributed by atoms with E-state index in [0.717, 1.165) is 94.7 Å². The number of aromatic nitrogens is 2. The SMILES string of the molecule is O=C(Nc1ccc(CN2CCC3(CC2)CC(C(=O)N2CCCC2)C3)cc1)c1nnc(Nc2ccc(F)c(F)c2)s1. The van der Waals surface area contributed by atoms with Gasteiger partial charge >= 0.3 is 0 Å². The largest absolute Gasteiger partial charge is 0.342 e. The van der Waals surface area contributed by atoms with Crippen LogP contribution in [0.15, 0.2) is 42.5 Å². The molecule has 2 aliphatic heterocycles. The molecule has 2 N–H and O–H groups in total. The number of nitrogens with zero attached hydrogens (tertiary/aromatic N) is 4. The van der Waals surface area contributed by atoms with Crippen molar-refractivity contribution < 1.29 is 18.4 Å². The summed E-state index contributed by atoms with van der Waals surface area (Å²) in [6.45, 7) is 4.83. The van der Waals surface area contributed by atoms with Gasteiger partial charge in [-0.25, -0.2) is 8.78 Å². The molecule has 1 spiro atoms. The van der Waals surface area contributed by atoms with Gasteiger partial charge in [0.25, 0.3) is 5.91 Å². The minimum absolute atomic E-state index is 0.150. The highest BCUT2D eigenvalue weighted by atomic mass is 32.1. The summed E-state index contributed by atoms with van der Waals surface area (Å²) in [5, 5.41) is 13.9. The second-order valence-corrected chi connectivity index (χ2v) is 12.2. The van der Waals surface area contributed by atoms with Crippen molar-refractivity contribution in [1.82, 2.24) is 20.0 Å². The van der Waals surface area contributed by atoms with Gasteiger partial charge in [0, 0.05) is 43.0 Å². The Balaban J connectivity index is 0.954. The normalized spacial score (nSPS) is 19.0. The van der Waals surface area contributed by atoms with E-state index in [1.54, 1.807) is 0 Å². The zero-order chi connectivity index (χ0) is 27.7. The van der Waals surface area contributed by atoms with E-state index in [-0.39, 0.29) is 10.9 Å². The molecule has 3 aromatic rings. The van der Waals surface area contributed by atoms with Crippen molar-refractivity contribution >= 4 is 39.7 Å². The van der Waals surface area contributed by atoms with Crippen molar-refractivity contribution in [2.75, 3.05) is 36.8 Å². The van der Waals surface area contributed by atoms with Gasteiger partial charge in [-0.15, -0.1) is 10.2 Å². The van der Waals surface area contributed by atoms with Crippen LogP contribution >= 0.6 is 11.3 Å². The summed E-state index contributed by atoms with van der Waals surface area (Å²) in [7, 11) is 0. The van der Waals surface area contributed by atoms with Gasteiger partial charge in [-0.2, -0.15) is 0 Å². The monoisotopic (exact) mass is 566 g/mol. The molecule has 210 valence electrons. The average Bonchev–Trinajstić information content (AvgIpc) is 3.64. The summed E-state index contributed by atoms with van der Waals surface area (Å²) >= 11 is 1.02. The van der Waals surface area contributed by atoms with Crippen molar-refractivity contribution in [3.8, 4) is 0 Å². The fourth-order valence-electron chi connectivity index (χ4n) is 6.15. The van der Waals surface area contributed by atoms with E-state index in [4.69, 9.17) is 0 Å². The van der Waals surface area contributed by atoms with Crippen molar-refractivity contribution in [1.29, 1.82) is 0 Å². The summed E-state index contributed by atoms with van der Waals surface area (Å²) in [5.74, 6) is -1.67. The molecule has 1 aliphatic carbocycles. The van der Waals surface area contributed by atoms with Gasteiger partial charge in [0.2, 0.25) is 16.0 Å². The van der Waals surface area contributed by atoms with Crippen molar-refractivity contribution in [2.24, 2.45) is 11.3 Å². The average molecular weight is 567 g/mol. The third kappa shape index (κ3) is 5.85. The Morgan fingerprint density at radius 2 is 1.62 bits per heavy atom. The number of benzene rings is 2. The van der Waals surface area contributed by atoms with Crippen molar-refractivity contribution in [3.05, 3.63) is 64.7 Å². The Labute approximate surface area is 235 Å². The summed E-state index contributed by atoms with van der Waals surface area (Å²) in [6, 6.07) is 11.2. The number of anilines is 3. The molecule has 8 nitrogen and oxygen atoms in total. The van der Waals surface area contributed by atoms with E-state index in [2.05, 4.69) is 30.6 Å². The summed E-state index contributed by atoms with van der Waals surface area (Å²) < 4.78 is 26.5. The molecule has 2 aromatic carbocycles. The van der Waals surface area contributed by atoms with Gasteiger partial charge in [-0.05, 0) is 86.9 Å². The number of halogens is 2. The molecular weight excluding hydrogens is 534 g/mol. The fraction of sp³-hybridized carbons (Fsp3) is 0.448. The maximum atomic E-state index is 13.4. The molecule has 0 bridgehead atoms. The lowest BCUT2D eigenvalue weighted by atomic mass is 9.57. The molecule has 0 radical (unpaired) electrons. The zero-order valence-corrected chi connectivity index (χ0v) is 23.0. The molecule has 0 unspecified atom stereocenters. The Bertz CT molecular complexity index is 1380. The highest BCUT2D eigenvalue weighted by Gasteiger charge is 2.49. The smallest absolute Gasteiger partial charge is 0.286 e. The van der Waals surface area contributed by atoms with E-state index < -0.39 is 17.5 Å². The second-order valence-electron chi connectivity index (χ2n) is 11.2. The lowest BCUT2D eigenvalue weighted by Crippen LogP contribution is -2.51. The summed E-state index contributed by atoms with van der Waals surface area (Å²) in [4.78, 5) is 29.9. The number of likely N-dealkylation sites (tertiary alicyclic amines) is 2. The Hall–Kier alpha value is -3.44. The van der Waals surface area contributed by atoms with Crippen LogP contribution in [-0.2, 0) is 11.3 Å². The number of hydrogen-bond acceptors (Lipinski definition) is 7. The third-order valence-corrected chi connectivity index (χ3v) is 9.29. The van der Waals surface area contributed by atoms with Gasteiger partial charge in [-0.3, -0.25) is 14.5 Å². The predicted molar refractivity (Wildman–Crippen MR) is 149 cm³/mol. The number of carbonyl (C=O) groups excluding carboxylic acids is 2. The van der Waals surface area contributed by atoms with Crippen LogP contribution < -0.4 is 10.6 Å². The quantitative estimate of drug-likeness (QED) is 0.397. The topological polar surface area (TPSA) is 90.5 Å². The molecule has 40 heavy (non-hydrogen) atoms. The maximum absolute atomic E-state index is 13.4. The number of hydrogen-bond donors (Lipinski definition) is 2. The molecule has 0 atom stereocenters. The van der Waals surface area contributed by atoms with Crippen LogP contribution in [0.2, 0.25) is 0 Å². The first-order chi connectivity index (χ1) is 19.4. The first kappa shape index (κ1) is 26.8. The second kappa shape index (κ2) is 11.2. The predicted octanol–water partition coefficient (Wildman–Crippen LogP) is 5.43. The maximum Gasteiger partial charge on any atom is 0.286 e. The fourth-order valence-corrected chi connectivity index (χ4v) is 6.81. The zero-order valence-electron chi connectivity index (χ0n) is 22.2. The summed E-state index contributed by atoms with van der Waals surface area (Å²) in [5.41, 5.74) is 2.50. The van der Waals surface area contributed by atoms with E-state index in [1.165, 1.54) is 11.6 Å². The van der Waals surface area contributed by atoms with Crippen LogP contribution in [0.3, 0.4) is 0 Å². The molecule has 2 amide bonds. The number of rotatable bonds is 7. The highest BCUT2D eigenvalue weighted by molar-refractivity contribution is 7.17. The van der Waals surface area contributed by atoms with Crippen LogP contribution in [0.25, 0.3) is 0 Å². The summed E-state index contributed by atoms with van der Waals surface area (Å²) in [6.07, 6.45) is 6.72. The third-order valence-electron chi connectivity index (χ3n) is 8.45. The Kier molecular flexibility index (Phi) is 7.50. The molecule has 2 saturated heterocycles. The lowest BCUT2D eigenvalue weighted by molar-refractivity contribution is -0.144. The van der Waals surface area contributed by atoms with Crippen LogP contribution in [0.5, 0.6) is 0 Å². The van der Waals surface area contributed by atoms with Gasteiger partial charge in [-0.1, -0.05) is 23.5 Å². The molecule has 1 aromatic heterocycles. The van der Waals surface area contributed by atoms with Crippen LogP contribution in [-0.4, -0.2) is 58.0 Å². The molecule has 6 rings (SSSR count). The molecule has 1 saturated carbocycles. The molecule has 3 aliphatic rings. The van der Waals surface area contributed by atoms with Gasteiger partial charge in [0.1, 0.15) is 0 Å². The van der Waals surface area contributed by atoms with Crippen LogP contribution in [0, 0.1) is 23.0 Å². The van der Waals surface area contributed by atoms with Crippen molar-refractivity contribution in [2.45, 2.75) is 45.1 Å². The van der Waals surface area contributed by atoms with E-state index in [9.17, 15) is 18.4 Å². The lowest BCUT2D eigenvalue weighted by Gasteiger charge is -2.52. The minimum Gasteiger partial charge on any atom is -0.342 e. The molecule has 11 heteroatoms. The van der Waals surface area contributed by atoms with Gasteiger partial charge in [0.15, 0.2) is 11.6 Å². The van der Waals surface area contributed by atoms with Crippen LogP contribution in [0.4, 0.5) is 25.3 Å². The van der Waals surface area contributed by atoms with Gasteiger partial charge in [0.05, 0.1) is 0 Å². The van der Waals surface area contributed by atoms with E-state index >= 15 is 0 Å². The Morgan fingerprint density at radius 1 is 0.925 bits per heavy atom. The minimum atomic E-state index is -0.974. The first-order valence-electron chi connectivity index (χ1n) is 13.8. The Morgan fingerprint density at radius 3 is 2.33 bits per heavy atom. The van der Waals surface area contributed by atoms with Gasteiger partial charge < -0.3 is 15.5 Å².